The Labute approximate surface area is 122 Å². The molecule has 3 aromatic carbocycles. The van der Waals surface area contributed by atoms with Crippen molar-refractivity contribution in [2.75, 3.05) is 0 Å². The van der Waals surface area contributed by atoms with Gasteiger partial charge in [0, 0.05) is 28.9 Å². The van der Waals surface area contributed by atoms with Crippen molar-refractivity contribution in [3.8, 4) is 16.9 Å². The van der Waals surface area contributed by atoms with E-state index in [1.54, 1.807) is 12.1 Å². The Morgan fingerprint density at radius 3 is 2.19 bits per heavy atom. The van der Waals surface area contributed by atoms with Gasteiger partial charge in [-0.15, -0.1) is 0 Å². The monoisotopic (exact) mass is 273 g/mol. The number of fused-ring (bicyclic) bond motifs is 3. The first-order valence-electron chi connectivity index (χ1n) is 7.00. The molecule has 0 amide bonds. The Hall–Kier alpha value is -2.74. The summed E-state index contributed by atoms with van der Waals surface area (Å²) in [5, 5.41) is 12.0. The van der Waals surface area contributed by atoms with Crippen molar-refractivity contribution < 1.29 is 5.11 Å². The molecule has 0 aliphatic rings. The zero-order valence-corrected chi connectivity index (χ0v) is 11.7. The van der Waals surface area contributed by atoms with E-state index in [-0.39, 0.29) is 0 Å². The van der Waals surface area contributed by atoms with Gasteiger partial charge in [-0.1, -0.05) is 42.5 Å². The van der Waals surface area contributed by atoms with E-state index in [4.69, 9.17) is 0 Å². The minimum atomic E-state index is 0.296. The zero-order valence-electron chi connectivity index (χ0n) is 11.7. The molecule has 0 radical (unpaired) electrons. The van der Waals surface area contributed by atoms with Crippen molar-refractivity contribution in [3.05, 3.63) is 66.7 Å². The highest BCUT2D eigenvalue weighted by Gasteiger charge is 2.08. The zero-order chi connectivity index (χ0) is 14.4. The van der Waals surface area contributed by atoms with Gasteiger partial charge < -0.3 is 9.67 Å². The van der Waals surface area contributed by atoms with Crippen LogP contribution in [0.15, 0.2) is 66.7 Å². The molecule has 4 rings (SSSR count). The van der Waals surface area contributed by atoms with E-state index >= 15 is 0 Å². The summed E-state index contributed by atoms with van der Waals surface area (Å²) in [5.41, 5.74) is 4.74. The predicted octanol–water partition coefficient (Wildman–Crippen LogP) is 4.70. The SMILES string of the molecule is Cn1c2ccccc2c2ccc(-c3ccc(O)cc3)cc21. The van der Waals surface area contributed by atoms with E-state index in [0.29, 0.717) is 5.75 Å². The number of phenols is 1. The summed E-state index contributed by atoms with van der Waals surface area (Å²) in [6.07, 6.45) is 0. The summed E-state index contributed by atoms with van der Waals surface area (Å²) >= 11 is 0. The third-order valence-corrected chi connectivity index (χ3v) is 4.12. The van der Waals surface area contributed by atoms with Gasteiger partial charge >= 0.3 is 0 Å². The number of hydrogen-bond donors (Lipinski definition) is 1. The molecule has 1 aromatic heterocycles. The molecule has 0 atom stereocenters. The molecule has 0 spiro atoms. The molecule has 2 nitrogen and oxygen atoms in total. The fourth-order valence-electron chi connectivity index (χ4n) is 2.99. The number of aromatic hydroxyl groups is 1. The molecule has 0 fully saturated rings. The molecule has 0 saturated heterocycles. The summed E-state index contributed by atoms with van der Waals surface area (Å²) in [4.78, 5) is 0. The lowest BCUT2D eigenvalue weighted by molar-refractivity contribution is 0.475. The fourth-order valence-corrected chi connectivity index (χ4v) is 2.99. The molecule has 0 saturated carbocycles. The second kappa shape index (κ2) is 4.38. The van der Waals surface area contributed by atoms with Crippen LogP contribution in [0.1, 0.15) is 0 Å². The summed E-state index contributed by atoms with van der Waals surface area (Å²) in [6.45, 7) is 0. The molecule has 0 unspecified atom stereocenters. The number of phenolic OH excluding ortho intramolecular Hbond substituents is 1. The second-order valence-electron chi connectivity index (χ2n) is 5.35. The van der Waals surface area contributed by atoms with Crippen molar-refractivity contribution in [2.24, 2.45) is 7.05 Å². The van der Waals surface area contributed by atoms with Crippen LogP contribution in [0.2, 0.25) is 0 Å². The molecule has 0 bridgehead atoms. The minimum Gasteiger partial charge on any atom is -0.508 e. The molecule has 1 heterocycles. The number of benzene rings is 3. The van der Waals surface area contributed by atoms with Gasteiger partial charge in [0.2, 0.25) is 0 Å². The number of aromatic nitrogens is 1. The van der Waals surface area contributed by atoms with E-state index in [2.05, 4.69) is 54.1 Å². The lowest BCUT2D eigenvalue weighted by Gasteiger charge is -2.04. The molecular weight excluding hydrogens is 258 g/mol. The number of hydrogen-bond acceptors (Lipinski definition) is 1. The average molecular weight is 273 g/mol. The molecule has 21 heavy (non-hydrogen) atoms. The van der Waals surface area contributed by atoms with Gasteiger partial charge in [0.25, 0.3) is 0 Å². The van der Waals surface area contributed by atoms with Crippen LogP contribution in [-0.4, -0.2) is 9.67 Å². The van der Waals surface area contributed by atoms with Crippen LogP contribution in [0.25, 0.3) is 32.9 Å². The van der Waals surface area contributed by atoms with Gasteiger partial charge in [0.05, 0.1) is 0 Å². The molecule has 0 aliphatic heterocycles. The van der Waals surface area contributed by atoms with Crippen molar-refractivity contribution in [1.29, 1.82) is 0 Å². The maximum atomic E-state index is 9.41. The van der Waals surface area contributed by atoms with Gasteiger partial charge in [-0.25, -0.2) is 0 Å². The Kier molecular flexibility index (Phi) is 2.51. The van der Waals surface area contributed by atoms with E-state index in [1.165, 1.54) is 21.8 Å². The van der Waals surface area contributed by atoms with Crippen LogP contribution in [0.5, 0.6) is 5.75 Å². The predicted molar refractivity (Wildman–Crippen MR) is 87.5 cm³/mol. The standard InChI is InChI=1S/C19H15NO/c1-20-18-5-3-2-4-16(18)17-11-8-14(12-19(17)20)13-6-9-15(21)10-7-13/h2-12,21H,1H3. The maximum absolute atomic E-state index is 9.41. The highest BCUT2D eigenvalue weighted by molar-refractivity contribution is 6.08. The quantitative estimate of drug-likeness (QED) is 0.534. The Balaban J connectivity index is 2.00. The maximum Gasteiger partial charge on any atom is 0.115 e. The molecule has 1 N–H and O–H groups in total. The number of nitrogens with zero attached hydrogens (tertiary/aromatic N) is 1. The third-order valence-electron chi connectivity index (χ3n) is 4.12. The van der Waals surface area contributed by atoms with Crippen molar-refractivity contribution in [1.82, 2.24) is 4.57 Å². The van der Waals surface area contributed by atoms with Crippen LogP contribution < -0.4 is 0 Å². The van der Waals surface area contributed by atoms with Crippen LogP contribution in [0.4, 0.5) is 0 Å². The Morgan fingerprint density at radius 2 is 1.38 bits per heavy atom. The van der Waals surface area contributed by atoms with E-state index in [9.17, 15) is 5.11 Å². The average Bonchev–Trinajstić information content (AvgIpc) is 2.81. The van der Waals surface area contributed by atoms with Gasteiger partial charge in [-0.05, 0) is 35.4 Å². The fraction of sp³-hybridized carbons (Fsp3) is 0.0526. The van der Waals surface area contributed by atoms with Gasteiger partial charge in [-0.3, -0.25) is 0 Å². The van der Waals surface area contributed by atoms with Crippen LogP contribution in [-0.2, 0) is 7.05 Å². The van der Waals surface area contributed by atoms with Gasteiger partial charge in [0.1, 0.15) is 5.75 Å². The molecule has 2 heteroatoms. The Bertz CT molecular complexity index is 949. The van der Waals surface area contributed by atoms with E-state index in [1.807, 2.05) is 12.1 Å². The summed E-state index contributed by atoms with van der Waals surface area (Å²) in [7, 11) is 2.10. The Morgan fingerprint density at radius 1 is 0.714 bits per heavy atom. The molecule has 102 valence electrons. The topological polar surface area (TPSA) is 25.2 Å². The first-order valence-corrected chi connectivity index (χ1v) is 7.00. The number of aryl methyl sites for hydroxylation is 1. The molecule has 4 aromatic rings. The second-order valence-corrected chi connectivity index (χ2v) is 5.35. The smallest absolute Gasteiger partial charge is 0.115 e. The highest BCUT2D eigenvalue weighted by Crippen LogP contribution is 2.31. The third kappa shape index (κ3) is 1.80. The highest BCUT2D eigenvalue weighted by atomic mass is 16.3. The van der Waals surface area contributed by atoms with E-state index in [0.717, 1.165) is 11.1 Å². The lowest BCUT2D eigenvalue weighted by Crippen LogP contribution is -1.86. The minimum absolute atomic E-state index is 0.296. The summed E-state index contributed by atoms with van der Waals surface area (Å²) < 4.78 is 2.23. The first-order chi connectivity index (χ1) is 10.2. The van der Waals surface area contributed by atoms with Crippen molar-refractivity contribution in [2.45, 2.75) is 0 Å². The first kappa shape index (κ1) is 12.0. The van der Waals surface area contributed by atoms with E-state index < -0.39 is 0 Å². The summed E-state index contributed by atoms with van der Waals surface area (Å²) in [5.74, 6) is 0.296. The molecule has 0 aliphatic carbocycles. The van der Waals surface area contributed by atoms with Gasteiger partial charge in [-0.2, -0.15) is 0 Å². The normalized spacial score (nSPS) is 11.3. The van der Waals surface area contributed by atoms with Crippen LogP contribution in [0, 0.1) is 0 Å². The van der Waals surface area contributed by atoms with Crippen LogP contribution in [0.3, 0.4) is 0 Å². The van der Waals surface area contributed by atoms with Crippen LogP contribution >= 0.6 is 0 Å². The van der Waals surface area contributed by atoms with Crippen molar-refractivity contribution >= 4 is 21.8 Å². The largest absolute Gasteiger partial charge is 0.508 e. The van der Waals surface area contributed by atoms with Crippen molar-refractivity contribution in [3.63, 3.8) is 0 Å². The van der Waals surface area contributed by atoms with Gasteiger partial charge in [0.15, 0.2) is 0 Å². The lowest BCUT2D eigenvalue weighted by atomic mass is 10.0. The number of rotatable bonds is 1. The molecular formula is C19H15NO. The summed E-state index contributed by atoms with van der Waals surface area (Å²) in [6, 6.07) is 22.3. The number of para-hydroxylation sites is 1.